The van der Waals surface area contributed by atoms with Crippen molar-refractivity contribution in [2.24, 2.45) is 0 Å². The van der Waals surface area contributed by atoms with Crippen molar-refractivity contribution in [1.82, 2.24) is 0 Å². The molecule has 2 rings (SSSR count). The van der Waals surface area contributed by atoms with Gasteiger partial charge < -0.3 is 5.32 Å². The molecule has 0 atom stereocenters. The van der Waals surface area contributed by atoms with Gasteiger partial charge in [-0.25, -0.2) is 0 Å². The third kappa shape index (κ3) is 3.13. The van der Waals surface area contributed by atoms with E-state index in [-0.39, 0.29) is 5.91 Å². The predicted molar refractivity (Wildman–Crippen MR) is 81.2 cm³/mol. The quantitative estimate of drug-likeness (QED) is 0.759. The fourth-order valence-electron chi connectivity index (χ4n) is 1.41. The molecule has 0 saturated carbocycles. The Kier molecular flexibility index (Phi) is 4.43. The Morgan fingerprint density at radius 2 is 1.72 bits per heavy atom. The summed E-state index contributed by atoms with van der Waals surface area (Å²) in [6.07, 6.45) is 0. The molecule has 0 aliphatic carbocycles. The number of anilines is 1. The molecule has 0 saturated heterocycles. The largest absolute Gasteiger partial charge is 0.322 e. The highest BCUT2D eigenvalue weighted by Gasteiger charge is 2.12. The molecule has 2 aromatic rings. The van der Waals surface area contributed by atoms with E-state index in [1.54, 1.807) is 18.2 Å². The summed E-state index contributed by atoms with van der Waals surface area (Å²) in [4.78, 5) is 12.0. The first-order chi connectivity index (χ1) is 8.58. The molecule has 0 spiro atoms. The first kappa shape index (κ1) is 13.6. The van der Waals surface area contributed by atoms with Crippen molar-refractivity contribution in [2.45, 2.75) is 0 Å². The van der Waals surface area contributed by atoms with E-state index in [9.17, 15) is 4.79 Å². The normalized spacial score (nSPS) is 10.2. The number of nitrogens with one attached hydrogen (secondary N) is 1. The summed E-state index contributed by atoms with van der Waals surface area (Å²) in [5.74, 6) is -0.233. The zero-order valence-electron chi connectivity index (χ0n) is 9.08. The van der Waals surface area contributed by atoms with Crippen molar-refractivity contribution in [3.05, 3.63) is 62.0 Å². The SMILES string of the molecule is O=C(Nc1ccc(Br)cc1)c1cccc(Br)c1Cl. The molecule has 18 heavy (non-hydrogen) atoms. The molecule has 1 N–H and O–H groups in total. The van der Waals surface area contributed by atoms with Crippen LogP contribution in [0.5, 0.6) is 0 Å². The summed E-state index contributed by atoms with van der Waals surface area (Å²) in [5, 5.41) is 3.20. The van der Waals surface area contributed by atoms with Gasteiger partial charge in [0.1, 0.15) is 0 Å². The van der Waals surface area contributed by atoms with Gasteiger partial charge in [0.05, 0.1) is 10.6 Å². The van der Waals surface area contributed by atoms with E-state index < -0.39 is 0 Å². The molecule has 0 bridgehead atoms. The third-order valence-corrected chi connectivity index (χ3v) is 4.12. The van der Waals surface area contributed by atoms with Gasteiger partial charge in [-0.05, 0) is 52.3 Å². The number of hydrogen-bond donors (Lipinski definition) is 1. The van der Waals surface area contributed by atoms with Crippen LogP contribution in [0.1, 0.15) is 10.4 Å². The maximum absolute atomic E-state index is 12.0. The number of carbonyl (C=O) groups excluding carboxylic acids is 1. The molecule has 92 valence electrons. The number of hydrogen-bond acceptors (Lipinski definition) is 1. The Hall–Kier alpha value is -0.840. The summed E-state index contributed by atoms with van der Waals surface area (Å²) in [7, 11) is 0. The second-order valence-electron chi connectivity index (χ2n) is 3.56. The minimum atomic E-state index is -0.233. The highest BCUT2D eigenvalue weighted by molar-refractivity contribution is 9.10. The summed E-state index contributed by atoms with van der Waals surface area (Å²) in [6, 6.07) is 12.6. The zero-order valence-corrected chi connectivity index (χ0v) is 13.0. The second-order valence-corrected chi connectivity index (χ2v) is 5.71. The van der Waals surface area contributed by atoms with Crippen molar-refractivity contribution < 1.29 is 4.79 Å². The number of amides is 1. The average molecular weight is 389 g/mol. The smallest absolute Gasteiger partial charge is 0.257 e. The molecular weight excluding hydrogens is 381 g/mol. The van der Waals surface area contributed by atoms with Gasteiger partial charge in [-0.3, -0.25) is 4.79 Å². The van der Waals surface area contributed by atoms with E-state index >= 15 is 0 Å². The Morgan fingerprint density at radius 3 is 2.39 bits per heavy atom. The number of carbonyl (C=O) groups is 1. The Labute approximate surface area is 127 Å². The number of halogens is 3. The zero-order chi connectivity index (χ0) is 13.1. The van der Waals surface area contributed by atoms with Crippen LogP contribution in [0.3, 0.4) is 0 Å². The lowest BCUT2D eigenvalue weighted by Gasteiger charge is -2.07. The standard InChI is InChI=1S/C13H8Br2ClNO/c14-8-4-6-9(7-5-8)17-13(18)10-2-1-3-11(15)12(10)16/h1-7H,(H,17,18). The highest BCUT2D eigenvalue weighted by atomic mass is 79.9. The van der Waals surface area contributed by atoms with E-state index in [1.807, 2.05) is 24.3 Å². The van der Waals surface area contributed by atoms with Gasteiger partial charge in [-0.1, -0.05) is 33.6 Å². The van der Waals surface area contributed by atoms with Gasteiger partial charge in [0.25, 0.3) is 5.91 Å². The molecule has 0 aliphatic heterocycles. The fraction of sp³-hybridized carbons (Fsp3) is 0. The maximum Gasteiger partial charge on any atom is 0.257 e. The van der Waals surface area contributed by atoms with Crippen LogP contribution in [0.4, 0.5) is 5.69 Å². The van der Waals surface area contributed by atoms with Crippen LogP contribution in [0.2, 0.25) is 5.02 Å². The lowest BCUT2D eigenvalue weighted by Crippen LogP contribution is -2.12. The maximum atomic E-state index is 12.0. The van der Waals surface area contributed by atoms with E-state index in [0.717, 1.165) is 10.2 Å². The van der Waals surface area contributed by atoms with Gasteiger partial charge in [-0.2, -0.15) is 0 Å². The van der Waals surface area contributed by atoms with E-state index in [4.69, 9.17) is 11.6 Å². The fourth-order valence-corrected chi connectivity index (χ4v) is 2.25. The van der Waals surface area contributed by atoms with Crippen LogP contribution in [0.25, 0.3) is 0 Å². The first-order valence-corrected chi connectivity index (χ1v) is 7.05. The molecule has 2 aromatic carbocycles. The van der Waals surface area contributed by atoms with E-state index in [1.165, 1.54) is 0 Å². The average Bonchev–Trinajstić information content (AvgIpc) is 2.35. The van der Waals surface area contributed by atoms with Crippen LogP contribution in [-0.4, -0.2) is 5.91 Å². The third-order valence-electron chi connectivity index (χ3n) is 2.30. The summed E-state index contributed by atoms with van der Waals surface area (Å²) in [5.41, 5.74) is 1.16. The van der Waals surface area contributed by atoms with Crippen molar-refractivity contribution in [3.8, 4) is 0 Å². The molecule has 0 heterocycles. The van der Waals surface area contributed by atoms with Gasteiger partial charge >= 0.3 is 0 Å². The summed E-state index contributed by atoms with van der Waals surface area (Å²) < 4.78 is 1.66. The van der Waals surface area contributed by atoms with Crippen molar-refractivity contribution in [1.29, 1.82) is 0 Å². The van der Waals surface area contributed by atoms with Gasteiger partial charge in [0.15, 0.2) is 0 Å². The molecular formula is C13H8Br2ClNO. The minimum Gasteiger partial charge on any atom is -0.322 e. The topological polar surface area (TPSA) is 29.1 Å². The molecule has 0 aliphatic rings. The van der Waals surface area contributed by atoms with Crippen molar-refractivity contribution >= 4 is 55.1 Å². The molecule has 0 aromatic heterocycles. The molecule has 2 nitrogen and oxygen atoms in total. The van der Waals surface area contributed by atoms with Gasteiger partial charge in [-0.15, -0.1) is 0 Å². The van der Waals surface area contributed by atoms with Gasteiger partial charge in [0.2, 0.25) is 0 Å². The van der Waals surface area contributed by atoms with E-state index in [0.29, 0.717) is 15.1 Å². The summed E-state index contributed by atoms with van der Waals surface area (Å²) in [6.45, 7) is 0. The predicted octanol–water partition coefficient (Wildman–Crippen LogP) is 5.12. The van der Waals surface area contributed by atoms with Crippen LogP contribution < -0.4 is 5.32 Å². The molecule has 5 heteroatoms. The first-order valence-electron chi connectivity index (χ1n) is 5.09. The Balaban J connectivity index is 2.22. The van der Waals surface area contributed by atoms with Gasteiger partial charge in [0, 0.05) is 14.6 Å². The highest BCUT2D eigenvalue weighted by Crippen LogP contribution is 2.26. The van der Waals surface area contributed by atoms with Crippen LogP contribution in [0, 0.1) is 0 Å². The van der Waals surface area contributed by atoms with Crippen LogP contribution in [-0.2, 0) is 0 Å². The molecule has 0 unspecified atom stereocenters. The van der Waals surface area contributed by atoms with E-state index in [2.05, 4.69) is 37.2 Å². The molecule has 0 fully saturated rings. The number of benzene rings is 2. The summed E-state index contributed by atoms with van der Waals surface area (Å²) >= 11 is 12.7. The molecule has 0 radical (unpaired) electrons. The lowest BCUT2D eigenvalue weighted by molar-refractivity contribution is 0.102. The lowest BCUT2D eigenvalue weighted by atomic mass is 10.2. The van der Waals surface area contributed by atoms with Crippen LogP contribution in [0.15, 0.2) is 51.4 Å². The van der Waals surface area contributed by atoms with Crippen molar-refractivity contribution in [3.63, 3.8) is 0 Å². The minimum absolute atomic E-state index is 0.233. The van der Waals surface area contributed by atoms with Crippen LogP contribution >= 0.6 is 43.5 Å². The second kappa shape index (κ2) is 5.87. The number of rotatable bonds is 2. The Bertz CT molecular complexity index is 584. The molecule has 1 amide bonds. The Morgan fingerprint density at radius 1 is 1.06 bits per heavy atom. The van der Waals surface area contributed by atoms with Crippen molar-refractivity contribution in [2.75, 3.05) is 5.32 Å². The monoisotopic (exact) mass is 387 g/mol.